The number of hydrogen-bond acceptors (Lipinski definition) is 5. The van der Waals surface area contributed by atoms with Crippen LogP contribution in [0, 0.1) is 5.82 Å². The van der Waals surface area contributed by atoms with Gasteiger partial charge in [0.25, 0.3) is 5.91 Å². The lowest BCUT2D eigenvalue weighted by Crippen LogP contribution is -2.59. The molecular formula is C24H29F4N5O. The Hall–Kier alpha value is -2.75. The normalized spacial score (nSPS) is 26.5. The van der Waals surface area contributed by atoms with Crippen molar-refractivity contribution < 1.29 is 22.4 Å². The van der Waals surface area contributed by atoms with Gasteiger partial charge in [0.05, 0.1) is 23.2 Å². The second-order valence-electron chi connectivity index (χ2n) is 9.04. The summed E-state index contributed by atoms with van der Waals surface area (Å²) in [7, 11) is 1.70. The van der Waals surface area contributed by atoms with Gasteiger partial charge in [0.2, 0.25) is 0 Å². The molecular weight excluding hydrogens is 450 g/mol. The highest BCUT2D eigenvalue weighted by Gasteiger charge is 2.42. The first kappa shape index (κ1) is 24.4. The fraction of sp³-hybridized carbons (Fsp3) is 0.542. The van der Waals surface area contributed by atoms with E-state index in [1.807, 2.05) is 13.8 Å². The number of hydrogen-bond donors (Lipinski definition) is 0. The van der Waals surface area contributed by atoms with Crippen molar-refractivity contribution >= 4 is 5.91 Å². The molecule has 184 valence electrons. The molecule has 3 aliphatic rings. The van der Waals surface area contributed by atoms with Crippen LogP contribution >= 0.6 is 0 Å². The highest BCUT2D eigenvalue weighted by atomic mass is 19.4. The second-order valence-corrected chi connectivity index (χ2v) is 9.04. The van der Waals surface area contributed by atoms with Gasteiger partial charge in [0.15, 0.2) is 6.04 Å². The van der Waals surface area contributed by atoms with E-state index >= 15 is 0 Å². The van der Waals surface area contributed by atoms with E-state index in [4.69, 9.17) is 0 Å². The Morgan fingerprint density at radius 1 is 1.12 bits per heavy atom. The minimum absolute atomic E-state index is 0.0147. The smallest absolute Gasteiger partial charge is 0.367 e. The molecule has 0 bridgehead atoms. The fourth-order valence-electron chi connectivity index (χ4n) is 5.14. The zero-order valence-corrected chi connectivity index (χ0v) is 19.7. The van der Waals surface area contributed by atoms with E-state index in [0.717, 1.165) is 30.3 Å². The van der Waals surface area contributed by atoms with Crippen LogP contribution in [-0.4, -0.2) is 58.9 Å². The summed E-state index contributed by atoms with van der Waals surface area (Å²) < 4.78 is 53.8. The molecule has 0 aromatic heterocycles. The summed E-state index contributed by atoms with van der Waals surface area (Å²) in [4.78, 5) is 18.5. The number of nitrogens with zero attached hydrogens (tertiary/aromatic N) is 5. The van der Waals surface area contributed by atoms with Crippen LogP contribution in [0.15, 0.2) is 52.1 Å². The largest absolute Gasteiger partial charge is 0.416 e. The van der Waals surface area contributed by atoms with Gasteiger partial charge in [-0.3, -0.25) is 9.69 Å². The van der Waals surface area contributed by atoms with E-state index in [2.05, 4.69) is 27.0 Å². The van der Waals surface area contributed by atoms with Crippen LogP contribution in [0.3, 0.4) is 0 Å². The molecule has 0 saturated carbocycles. The van der Waals surface area contributed by atoms with Crippen LogP contribution in [0.5, 0.6) is 0 Å². The highest BCUT2D eigenvalue weighted by molar-refractivity contribution is 5.91. The molecule has 3 aliphatic heterocycles. The molecule has 1 aromatic rings. The van der Waals surface area contributed by atoms with E-state index in [1.54, 1.807) is 24.2 Å². The van der Waals surface area contributed by atoms with Crippen molar-refractivity contribution in [2.45, 2.75) is 64.0 Å². The molecule has 1 aromatic carbocycles. The van der Waals surface area contributed by atoms with Gasteiger partial charge in [-0.15, -0.1) is 0 Å². The average Bonchev–Trinajstić information content (AvgIpc) is 3.29. The number of halogens is 4. The number of carbonyl (C=O) groups excluding carboxylic acids is 1. The molecule has 1 amide bonds. The van der Waals surface area contributed by atoms with Gasteiger partial charge in [-0.2, -0.15) is 23.4 Å². The molecule has 1 fully saturated rings. The summed E-state index contributed by atoms with van der Waals surface area (Å²) in [6.45, 7) is 7.11. The maximum atomic E-state index is 14.8. The molecule has 4 atom stereocenters. The van der Waals surface area contributed by atoms with Crippen LogP contribution in [-0.2, 0) is 11.0 Å². The van der Waals surface area contributed by atoms with E-state index in [0.29, 0.717) is 19.2 Å². The van der Waals surface area contributed by atoms with Gasteiger partial charge in [-0.05, 0) is 31.9 Å². The SMILES string of the molecule is CC[C@H]1CN([C@@H](C)c2ccc(C(F)(F)F)cc2F)[C@H](CC)CN1C1=CC(=O)N(C)C2=CN=NC21. The van der Waals surface area contributed by atoms with Crippen LogP contribution in [0.2, 0.25) is 0 Å². The molecule has 0 radical (unpaired) electrons. The first-order valence-electron chi connectivity index (χ1n) is 11.5. The third kappa shape index (κ3) is 4.23. The Kier molecular flexibility index (Phi) is 6.54. The van der Waals surface area contributed by atoms with Gasteiger partial charge in [0, 0.05) is 49.9 Å². The number of fused-ring (bicyclic) bond motifs is 1. The molecule has 10 heteroatoms. The Morgan fingerprint density at radius 3 is 2.44 bits per heavy atom. The van der Waals surface area contributed by atoms with Crippen LogP contribution in [0.1, 0.15) is 50.8 Å². The molecule has 0 N–H and O–H groups in total. The Morgan fingerprint density at radius 2 is 1.82 bits per heavy atom. The Bertz CT molecular complexity index is 1050. The van der Waals surface area contributed by atoms with Crippen molar-refractivity contribution in [1.82, 2.24) is 14.7 Å². The molecule has 6 nitrogen and oxygen atoms in total. The Labute approximate surface area is 196 Å². The summed E-state index contributed by atoms with van der Waals surface area (Å²) in [5, 5.41) is 8.37. The van der Waals surface area contributed by atoms with Gasteiger partial charge in [0.1, 0.15) is 5.82 Å². The number of carbonyl (C=O) groups is 1. The quantitative estimate of drug-likeness (QED) is 0.552. The monoisotopic (exact) mass is 479 g/mol. The number of rotatable bonds is 5. The lowest BCUT2D eigenvalue weighted by molar-refractivity contribution is -0.137. The van der Waals surface area contributed by atoms with Crippen molar-refractivity contribution in [3.63, 3.8) is 0 Å². The number of amides is 1. The second kappa shape index (κ2) is 9.13. The summed E-state index contributed by atoms with van der Waals surface area (Å²) in [5.74, 6) is -0.979. The summed E-state index contributed by atoms with van der Waals surface area (Å²) >= 11 is 0. The molecule has 0 spiro atoms. The molecule has 4 rings (SSSR count). The van der Waals surface area contributed by atoms with Crippen molar-refractivity contribution in [2.75, 3.05) is 20.1 Å². The minimum Gasteiger partial charge on any atom is -0.367 e. The zero-order chi connectivity index (χ0) is 24.8. The number of benzene rings is 1. The highest BCUT2D eigenvalue weighted by Crippen LogP contribution is 2.38. The van der Waals surface area contributed by atoms with Crippen molar-refractivity contribution in [2.24, 2.45) is 10.2 Å². The van der Waals surface area contributed by atoms with Crippen molar-refractivity contribution in [3.05, 3.63) is 58.8 Å². The summed E-state index contributed by atoms with van der Waals surface area (Å²) in [6, 6.07) is 2.08. The van der Waals surface area contributed by atoms with Gasteiger partial charge >= 0.3 is 6.18 Å². The molecule has 0 aliphatic carbocycles. The third-order valence-electron chi connectivity index (χ3n) is 7.21. The lowest BCUT2D eigenvalue weighted by atomic mass is 9.94. The van der Waals surface area contributed by atoms with Crippen LogP contribution < -0.4 is 0 Å². The number of piperazine rings is 1. The predicted octanol–water partition coefficient (Wildman–Crippen LogP) is 5.11. The maximum absolute atomic E-state index is 14.8. The third-order valence-corrected chi connectivity index (χ3v) is 7.21. The number of alkyl halides is 3. The van der Waals surface area contributed by atoms with Crippen LogP contribution in [0.25, 0.3) is 0 Å². The first-order valence-corrected chi connectivity index (χ1v) is 11.5. The van der Waals surface area contributed by atoms with Crippen molar-refractivity contribution in [3.8, 4) is 0 Å². The lowest BCUT2D eigenvalue weighted by Gasteiger charge is -2.51. The number of azo groups is 1. The maximum Gasteiger partial charge on any atom is 0.416 e. The van der Waals surface area contributed by atoms with E-state index < -0.39 is 23.6 Å². The molecule has 3 heterocycles. The topological polar surface area (TPSA) is 51.5 Å². The fourth-order valence-corrected chi connectivity index (χ4v) is 5.14. The summed E-state index contributed by atoms with van der Waals surface area (Å²) in [6.07, 6.45) is 0.183. The van der Waals surface area contributed by atoms with Crippen molar-refractivity contribution in [1.29, 1.82) is 0 Å². The molecule has 1 saturated heterocycles. The Balaban J connectivity index is 1.61. The van der Waals surface area contributed by atoms with Gasteiger partial charge < -0.3 is 9.80 Å². The predicted molar refractivity (Wildman–Crippen MR) is 119 cm³/mol. The minimum atomic E-state index is -4.59. The van der Waals surface area contributed by atoms with Gasteiger partial charge in [-0.1, -0.05) is 19.9 Å². The average molecular weight is 480 g/mol. The molecule has 1 unspecified atom stereocenters. The zero-order valence-electron chi connectivity index (χ0n) is 19.7. The van der Waals surface area contributed by atoms with Gasteiger partial charge in [-0.25, -0.2) is 4.39 Å². The number of likely N-dealkylation sites (N-methyl/N-ethyl adjacent to an activating group) is 1. The van der Waals surface area contributed by atoms with Crippen LogP contribution in [0.4, 0.5) is 17.6 Å². The van der Waals surface area contributed by atoms with E-state index in [9.17, 15) is 22.4 Å². The molecule has 34 heavy (non-hydrogen) atoms. The standard InChI is InChI=1S/C24H29F4N5O/c1-5-16-13-33(20-10-22(34)31(4)21-11-29-30-23(20)21)17(6-2)12-32(16)14(3)18-8-7-15(9-19(18)25)24(26,27)28/h7-11,14,16-17,23H,5-6,12-13H2,1-4H3/t14-,16+,17-,23?/m0/s1. The summed E-state index contributed by atoms with van der Waals surface area (Å²) in [5.41, 5.74) is 0.817. The van der Waals surface area contributed by atoms with E-state index in [-0.39, 0.29) is 29.6 Å². The van der Waals surface area contributed by atoms with E-state index in [1.165, 1.54) is 6.07 Å². The first-order chi connectivity index (χ1) is 16.1.